The van der Waals surface area contributed by atoms with Crippen LogP contribution in [0.3, 0.4) is 0 Å². The number of carbonyl (C=O) groups is 1. The maximum Gasteiger partial charge on any atom is 0.343 e. The summed E-state index contributed by atoms with van der Waals surface area (Å²) in [5.41, 5.74) is 2.00. The van der Waals surface area contributed by atoms with Crippen LogP contribution in [0.15, 0.2) is 48.8 Å². The molecule has 3 rings (SSSR count). The molecule has 2 aromatic carbocycles. The van der Waals surface area contributed by atoms with Gasteiger partial charge in [0.05, 0.1) is 16.3 Å². The summed E-state index contributed by atoms with van der Waals surface area (Å²) in [4.78, 5) is 12.3. The van der Waals surface area contributed by atoms with Crippen molar-refractivity contribution < 1.29 is 9.53 Å². The zero-order valence-corrected chi connectivity index (χ0v) is 12.4. The van der Waals surface area contributed by atoms with Gasteiger partial charge in [0.15, 0.2) is 0 Å². The Hall–Kier alpha value is -2.73. The first-order valence-electron chi connectivity index (χ1n) is 6.45. The zero-order chi connectivity index (χ0) is 15.5. The third-order valence-electron chi connectivity index (χ3n) is 2.98. The minimum absolute atomic E-state index is 0.333. The predicted molar refractivity (Wildman–Crippen MR) is 80.3 cm³/mol. The lowest BCUT2D eigenvalue weighted by Gasteiger charge is -2.08. The lowest BCUT2D eigenvalue weighted by atomic mass is 10.2. The molecule has 6 nitrogen and oxygen atoms in total. The molecule has 1 heterocycles. The SMILES string of the molecule is Cc1ccc(Cl)c(OC(=O)c2cccc(-n3cnnn3)c2)c1. The Morgan fingerprint density at radius 3 is 2.86 bits per heavy atom. The van der Waals surface area contributed by atoms with Gasteiger partial charge in [0.25, 0.3) is 0 Å². The second kappa shape index (κ2) is 5.95. The summed E-state index contributed by atoms with van der Waals surface area (Å²) in [6, 6.07) is 12.1. The summed E-state index contributed by atoms with van der Waals surface area (Å²) in [5, 5.41) is 11.3. The average Bonchev–Trinajstić information content (AvgIpc) is 3.05. The van der Waals surface area contributed by atoms with Crippen molar-refractivity contribution in [3.8, 4) is 11.4 Å². The number of tetrazole rings is 1. The molecule has 0 N–H and O–H groups in total. The van der Waals surface area contributed by atoms with E-state index < -0.39 is 5.97 Å². The smallest absolute Gasteiger partial charge is 0.343 e. The number of carbonyl (C=O) groups excluding carboxylic acids is 1. The quantitative estimate of drug-likeness (QED) is 0.549. The van der Waals surface area contributed by atoms with E-state index >= 15 is 0 Å². The molecular weight excluding hydrogens is 304 g/mol. The van der Waals surface area contributed by atoms with E-state index in [0.717, 1.165) is 5.56 Å². The fraction of sp³-hybridized carbons (Fsp3) is 0.0667. The first kappa shape index (κ1) is 14.2. The Morgan fingerprint density at radius 1 is 1.23 bits per heavy atom. The number of benzene rings is 2. The minimum Gasteiger partial charge on any atom is -0.421 e. The maximum atomic E-state index is 12.3. The molecule has 110 valence electrons. The lowest BCUT2D eigenvalue weighted by Crippen LogP contribution is -2.09. The molecule has 0 amide bonds. The highest BCUT2D eigenvalue weighted by Gasteiger charge is 2.12. The number of esters is 1. The van der Waals surface area contributed by atoms with E-state index in [2.05, 4.69) is 15.5 Å². The van der Waals surface area contributed by atoms with E-state index in [1.165, 1.54) is 11.0 Å². The van der Waals surface area contributed by atoms with E-state index in [1.54, 1.807) is 36.4 Å². The normalized spacial score (nSPS) is 10.5. The number of aryl methyl sites for hydroxylation is 1. The molecule has 3 aromatic rings. The van der Waals surface area contributed by atoms with Gasteiger partial charge in [0.1, 0.15) is 12.1 Å². The monoisotopic (exact) mass is 314 g/mol. The highest BCUT2D eigenvalue weighted by atomic mass is 35.5. The summed E-state index contributed by atoms with van der Waals surface area (Å²) in [6.45, 7) is 1.89. The van der Waals surface area contributed by atoms with E-state index in [9.17, 15) is 4.79 Å². The van der Waals surface area contributed by atoms with Crippen molar-refractivity contribution in [2.75, 3.05) is 0 Å². The molecule has 0 aliphatic rings. The van der Waals surface area contributed by atoms with Crippen LogP contribution in [0, 0.1) is 6.92 Å². The van der Waals surface area contributed by atoms with Gasteiger partial charge in [0, 0.05) is 0 Å². The van der Waals surface area contributed by atoms with Crippen LogP contribution in [-0.2, 0) is 0 Å². The van der Waals surface area contributed by atoms with Gasteiger partial charge < -0.3 is 4.74 Å². The predicted octanol–water partition coefficient (Wildman–Crippen LogP) is 2.84. The van der Waals surface area contributed by atoms with Crippen molar-refractivity contribution in [2.45, 2.75) is 6.92 Å². The Balaban J connectivity index is 1.86. The maximum absolute atomic E-state index is 12.3. The van der Waals surface area contributed by atoms with E-state index in [0.29, 0.717) is 22.0 Å². The summed E-state index contributed by atoms with van der Waals surface area (Å²) in [6.07, 6.45) is 1.45. The average molecular weight is 315 g/mol. The van der Waals surface area contributed by atoms with Crippen LogP contribution in [0.1, 0.15) is 15.9 Å². The first-order chi connectivity index (χ1) is 10.6. The van der Waals surface area contributed by atoms with E-state index in [4.69, 9.17) is 16.3 Å². The fourth-order valence-electron chi connectivity index (χ4n) is 1.90. The van der Waals surface area contributed by atoms with Gasteiger partial charge in [-0.25, -0.2) is 9.48 Å². The van der Waals surface area contributed by atoms with Crippen molar-refractivity contribution in [1.82, 2.24) is 20.2 Å². The molecule has 0 aliphatic heterocycles. The van der Waals surface area contributed by atoms with Gasteiger partial charge in [-0.3, -0.25) is 0 Å². The highest BCUT2D eigenvalue weighted by Crippen LogP contribution is 2.26. The van der Waals surface area contributed by atoms with Crippen molar-refractivity contribution >= 4 is 17.6 Å². The van der Waals surface area contributed by atoms with Gasteiger partial charge in [-0.05, 0) is 53.2 Å². The number of halogens is 1. The third kappa shape index (κ3) is 2.96. The number of ether oxygens (including phenoxy) is 1. The molecule has 0 unspecified atom stereocenters. The van der Waals surface area contributed by atoms with E-state index in [1.807, 2.05) is 13.0 Å². The number of hydrogen-bond acceptors (Lipinski definition) is 5. The van der Waals surface area contributed by atoms with Crippen molar-refractivity contribution in [1.29, 1.82) is 0 Å². The first-order valence-corrected chi connectivity index (χ1v) is 6.83. The second-order valence-corrected chi connectivity index (χ2v) is 5.04. The molecule has 22 heavy (non-hydrogen) atoms. The molecule has 0 bridgehead atoms. The van der Waals surface area contributed by atoms with Crippen LogP contribution in [0.2, 0.25) is 5.02 Å². The summed E-state index contributed by atoms with van der Waals surface area (Å²) in [7, 11) is 0. The number of hydrogen-bond donors (Lipinski definition) is 0. The van der Waals surface area contributed by atoms with Crippen LogP contribution >= 0.6 is 11.6 Å². The van der Waals surface area contributed by atoms with Crippen LogP contribution < -0.4 is 4.74 Å². The fourth-order valence-corrected chi connectivity index (χ4v) is 2.06. The molecule has 0 saturated carbocycles. The minimum atomic E-state index is -0.498. The van der Waals surface area contributed by atoms with Crippen molar-refractivity contribution in [3.05, 3.63) is 64.9 Å². The Labute approximate surface area is 131 Å². The molecule has 0 fully saturated rings. The van der Waals surface area contributed by atoms with Crippen LogP contribution in [0.25, 0.3) is 5.69 Å². The van der Waals surface area contributed by atoms with Crippen molar-refractivity contribution in [3.63, 3.8) is 0 Å². The summed E-state index contributed by atoms with van der Waals surface area (Å²) >= 11 is 6.03. The van der Waals surface area contributed by atoms with Crippen LogP contribution in [0.5, 0.6) is 5.75 Å². The topological polar surface area (TPSA) is 69.9 Å². The summed E-state index contributed by atoms with van der Waals surface area (Å²) in [5.74, 6) is -0.165. The van der Waals surface area contributed by atoms with Gasteiger partial charge in [0.2, 0.25) is 0 Å². The van der Waals surface area contributed by atoms with Gasteiger partial charge in [-0.1, -0.05) is 23.7 Å². The zero-order valence-electron chi connectivity index (χ0n) is 11.6. The molecule has 7 heteroatoms. The summed E-state index contributed by atoms with van der Waals surface area (Å²) < 4.78 is 6.81. The molecule has 0 aliphatic carbocycles. The standard InChI is InChI=1S/C15H11ClN4O2/c1-10-5-6-13(16)14(7-10)22-15(21)11-3-2-4-12(8-11)20-9-17-18-19-20/h2-9H,1H3. The van der Waals surface area contributed by atoms with Crippen molar-refractivity contribution in [2.24, 2.45) is 0 Å². The number of nitrogens with zero attached hydrogens (tertiary/aromatic N) is 4. The molecule has 1 aromatic heterocycles. The van der Waals surface area contributed by atoms with Gasteiger partial charge in [-0.15, -0.1) is 5.10 Å². The number of rotatable bonds is 3. The highest BCUT2D eigenvalue weighted by molar-refractivity contribution is 6.32. The molecule has 0 atom stereocenters. The van der Waals surface area contributed by atoms with E-state index in [-0.39, 0.29) is 0 Å². The van der Waals surface area contributed by atoms with Crippen LogP contribution in [0.4, 0.5) is 0 Å². The second-order valence-electron chi connectivity index (χ2n) is 4.63. The Kier molecular flexibility index (Phi) is 3.84. The molecule has 0 radical (unpaired) electrons. The van der Waals surface area contributed by atoms with Gasteiger partial charge in [-0.2, -0.15) is 0 Å². The third-order valence-corrected chi connectivity index (χ3v) is 3.30. The molecule has 0 spiro atoms. The van der Waals surface area contributed by atoms with Crippen LogP contribution in [-0.4, -0.2) is 26.2 Å². The Bertz CT molecular complexity index is 818. The lowest BCUT2D eigenvalue weighted by molar-refractivity contribution is 0.0735. The number of aromatic nitrogens is 4. The van der Waals surface area contributed by atoms with Gasteiger partial charge >= 0.3 is 5.97 Å². The largest absolute Gasteiger partial charge is 0.421 e. The molecule has 0 saturated heterocycles. The molecular formula is C15H11ClN4O2. The Morgan fingerprint density at radius 2 is 2.09 bits per heavy atom.